The molecule has 3 N–H and O–H groups in total. The Morgan fingerprint density at radius 3 is 2.67 bits per heavy atom. The summed E-state index contributed by atoms with van der Waals surface area (Å²) in [6, 6.07) is 6.81. The zero-order valence-electron chi connectivity index (χ0n) is 10.8. The van der Waals surface area contributed by atoms with Crippen LogP contribution in [0.3, 0.4) is 0 Å². The molecule has 1 heterocycles. The van der Waals surface area contributed by atoms with Crippen molar-refractivity contribution in [1.29, 1.82) is 0 Å². The number of aromatic amines is 1. The third kappa shape index (κ3) is 1.39. The molecule has 2 heteroatoms. The lowest BCUT2D eigenvalue weighted by atomic mass is 9.72. The molecule has 0 atom stereocenters. The minimum Gasteiger partial charge on any atom is -0.358 e. The van der Waals surface area contributed by atoms with Crippen molar-refractivity contribution in [2.75, 3.05) is 0 Å². The van der Waals surface area contributed by atoms with Gasteiger partial charge in [0.25, 0.3) is 0 Å². The summed E-state index contributed by atoms with van der Waals surface area (Å²) in [6.07, 6.45) is 8.67. The minimum absolute atomic E-state index is 0.0347. The molecule has 0 bridgehead atoms. The molecule has 2 aliphatic rings. The highest BCUT2D eigenvalue weighted by Crippen LogP contribution is 2.40. The third-order valence-electron chi connectivity index (χ3n) is 4.92. The normalized spacial score (nSPS) is 21.6. The van der Waals surface area contributed by atoms with Crippen molar-refractivity contribution < 1.29 is 0 Å². The number of rotatable bonds is 1. The smallest absolute Gasteiger partial charge is 0.0459 e. The van der Waals surface area contributed by atoms with Gasteiger partial charge in [0.15, 0.2) is 0 Å². The first-order valence-electron chi connectivity index (χ1n) is 7.19. The van der Waals surface area contributed by atoms with Gasteiger partial charge in [-0.2, -0.15) is 0 Å². The highest BCUT2D eigenvalue weighted by atomic mass is 14.8. The van der Waals surface area contributed by atoms with Crippen LogP contribution in [-0.2, 0) is 18.4 Å². The molecule has 1 aromatic carbocycles. The quantitative estimate of drug-likeness (QED) is 0.788. The Balaban J connectivity index is 1.88. The summed E-state index contributed by atoms with van der Waals surface area (Å²) in [4.78, 5) is 3.59. The van der Waals surface area contributed by atoms with Crippen LogP contribution in [0.4, 0.5) is 0 Å². The lowest BCUT2D eigenvalue weighted by Gasteiger charge is -2.38. The van der Waals surface area contributed by atoms with E-state index < -0.39 is 0 Å². The van der Waals surface area contributed by atoms with Crippen molar-refractivity contribution in [3.05, 3.63) is 35.0 Å². The van der Waals surface area contributed by atoms with E-state index in [-0.39, 0.29) is 5.54 Å². The number of hydrogen-bond donors (Lipinski definition) is 2. The fraction of sp³-hybridized carbons (Fsp3) is 0.500. The number of aromatic nitrogens is 1. The second kappa shape index (κ2) is 3.61. The Morgan fingerprint density at radius 2 is 1.89 bits per heavy atom. The van der Waals surface area contributed by atoms with Crippen LogP contribution >= 0.6 is 0 Å². The van der Waals surface area contributed by atoms with Crippen molar-refractivity contribution in [3.63, 3.8) is 0 Å². The maximum absolute atomic E-state index is 6.45. The first-order chi connectivity index (χ1) is 8.76. The minimum atomic E-state index is -0.0347. The highest BCUT2D eigenvalue weighted by Gasteiger charge is 2.34. The van der Waals surface area contributed by atoms with Crippen LogP contribution in [0, 0.1) is 0 Å². The van der Waals surface area contributed by atoms with Crippen molar-refractivity contribution in [2.24, 2.45) is 5.73 Å². The zero-order valence-corrected chi connectivity index (χ0v) is 10.8. The summed E-state index contributed by atoms with van der Waals surface area (Å²) in [5.74, 6) is 0. The average Bonchev–Trinajstić information content (AvgIpc) is 2.73. The number of fused-ring (bicyclic) bond motifs is 3. The summed E-state index contributed by atoms with van der Waals surface area (Å²) in [5, 5.41) is 1.43. The molecule has 18 heavy (non-hydrogen) atoms. The Kier molecular flexibility index (Phi) is 2.13. The molecular weight excluding hydrogens is 220 g/mol. The molecule has 1 aromatic heterocycles. The summed E-state index contributed by atoms with van der Waals surface area (Å²) < 4.78 is 0. The molecule has 94 valence electrons. The van der Waals surface area contributed by atoms with E-state index >= 15 is 0 Å². The maximum Gasteiger partial charge on any atom is 0.0459 e. The van der Waals surface area contributed by atoms with Crippen molar-refractivity contribution in [2.45, 2.75) is 50.5 Å². The van der Waals surface area contributed by atoms with Crippen LogP contribution in [0.1, 0.15) is 48.9 Å². The number of hydrogen-bond acceptors (Lipinski definition) is 1. The zero-order chi connectivity index (χ0) is 12.2. The van der Waals surface area contributed by atoms with Gasteiger partial charge in [0.2, 0.25) is 0 Å². The molecular formula is C16H20N2. The van der Waals surface area contributed by atoms with Crippen LogP contribution in [0.2, 0.25) is 0 Å². The molecule has 0 saturated heterocycles. The first-order valence-corrected chi connectivity index (χ1v) is 7.19. The molecule has 0 radical (unpaired) electrons. The average molecular weight is 240 g/mol. The highest BCUT2D eigenvalue weighted by molar-refractivity contribution is 5.86. The summed E-state index contributed by atoms with van der Waals surface area (Å²) in [5.41, 5.74) is 12.1. The van der Waals surface area contributed by atoms with Crippen LogP contribution in [-0.4, -0.2) is 4.98 Å². The predicted molar refractivity (Wildman–Crippen MR) is 74.7 cm³/mol. The summed E-state index contributed by atoms with van der Waals surface area (Å²) in [6.45, 7) is 0. The van der Waals surface area contributed by atoms with Gasteiger partial charge in [0, 0.05) is 22.1 Å². The van der Waals surface area contributed by atoms with Gasteiger partial charge >= 0.3 is 0 Å². The second-order valence-electron chi connectivity index (χ2n) is 6.06. The van der Waals surface area contributed by atoms with E-state index in [1.165, 1.54) is 54.3 Å². The summed E-state index contributed by atoms with van der Waals surface area (Å²) in [7, 11) is 0. The van der Waals surface area contributed by atoms with Gasteiger partial charge in [0.1, 0.15) is 0 Å². The van der Waals surface area contributed by atoms with Crippen LogP contribution < -0.4 is 5.73 Å². The fourth-order valence-electron chi connectivity index (χ4n) is 3.56. The largest absolute Gasteiger partial charge is 0.358 e. The summed E-state index contributed by atoms with van der Waals surface area (Å²) >= 11 is 0. The molecule has 2 aromatic rings. The standard InChI is InChI=1S/C16H20N2/c17-16(8-3-9-16)11-6-7-15-13(10-11)12-4-1-2-5-14(12)18-15/h6-7,10,18H,1-5,8-9,17H2. The molecule has 0 amide bonds. The Hall–Kier alpha value is -1.28. The van der Waals surface area contributed by atoms with Crippen molar-refractivity contribution in [1.82, 2.24) is 4.98 Å². The third-order valence-corrected chi connectivity index (χ3v) is 4.92. The number of benzene rings is 1. The van der Waals surface area contributed by atoms with Crippen LogP contribution in [0.25, 0.3) is 10.9 Å². The first kappa shape index (κ1) is 10.6. The lowest BCUT2D eigenvalue weighted by molar-refractivity contribution is 0.254. The van der Waals surface area contributed by atoms with Gasteiger partial charge in [-0.3, -0.25) is 0 Å². The number of nitrogens with one attached hydrogen (secondary N) is 1. The number of aryl methyl sites for hydroxylation is 2. The van der Waals surface area contributed by atoms with Crippen molar-refractivity contribution in [3.8, 4) is 0 Å². The van der Waals surface area contributed by atoms with E-state index in [1.54, 1.807) is 5.56 Å². The van der Waals surface area contributed by atoms with Crippen molar-refractivity contribution >= 4 is 10.9 Å². The van der Waals surface area contributed by atoms with E-state index in [0.29, 0.717) is 0 Å². The number of nitrogens with two attached hydrogens (primary N) is 1. The van der Waals surface area contributed by atoms with Crippen LogP contribution in [0.15, 0.2) is 18.2 Å². The Labute approximate surface area is 108 Å². The number of H-pyrrole nitrogens is 1. The predicted octanol–water partition coefficient (Wildman–Crippen LogP) is 3.38. The topological polar surface area (TPSA) is 41.8 Å². The Morgan fingerprint density at radius 1 is 1.06 bits per heavy atom. The molecule has 0 aliphatic heterocycles. The van der Waals surface area contributed by atoms with Crippen LogP contribution in [0.5, 0.6) is 0 Å². The molecule has 1 fully saturated rings. The van der Waals surface area contributed by atoms with E-state index in [1.807, 2.05) is 0 Å². The Bertz CT molecular complexity index is 605. The second-order valence-corrected chi connectivity index (χ2v) is 6.06. The monoisotopic (exact) mass is 240 g/mol. The van der Waals surface area contributed by atoms with Gasteiger partial charge in [-0.05, 0) is 68.2 Å². The van der Waals surface area contributed by atoms with E-state index in [4.69, 9.17) is 5.73 Å². The van der Waals surface area contributed by atoms with E-state index in [0.717, 1.165) is 12.8 Å². The van der Waals surface area contributed by atoms with Gasteiger partial charge < -0.3 is 10.7 Å². The molecule has 0 unspecified atom stereocenters. The molecule has 4 rings (SSSR count). The van der Waals surface area contributed by atoms with Gasteiger partial charge in [-0.15, -0.1) is 0 Å². The van der Waals surface area contributed by atoms with E-state index in [2.05, 4.69) is 23.2 Å². The molecule has 0 spiro atoms. The van der Waals surface area contributed by atoms with Gasteiger partial charge in [-0.25, -0.2) is 0 Å². The maximum atomic E-state index is 6.45. The molecule has 2 nitrogen and oxygen atoms in total. The lowest BCUT2D eigenvalue weighted by Crippen LogP contribution is -2.43. The SMILES string of the molecule is NC1(c2ccc3[nH]c4c(c3c2)CCCC4)CCC1. The van der Waals surface area contributed by atoms with Gasteiger partial charge in [-0.1, -0.05) is 6.07 Å². The molecule has 2 aliphatic carbocycles. The van der Waals surface area contributed by atoms with Gasteiger partial charge in [0.05, 0.1) is 0 Å². The molecule has 1 saturated carbocycles. The van der Waals surface area contributed by atoms with E-state index in [9.17, 15) is 0 Å². The fourth-order valence-corrected chi connectivity index (χ4v) is 3.56.